The van der Waals surface area contributed by atoms with Crippen molar-refractivity contribution in [3.05, 3.63) is 59.2 Å². The number of hydrogen-bond donors (Lipinski definition) is 3. The Balaban J connectivity index is 1.93. The smallest absolute Gasteiger partial charge is 0.321 e. The maximum atomic E-state index is 12.6. The molecule has 1 unspecified atom stereocenters. The molecule has 29 heavy (non-hydrogen) atoms. The maximum absolute atomic E-state index is 12.6. The third-order valence-corrected chi connectivity index (χ3v) is 4.93. The van der Waals surface area contributed by atoms with Crippen molar-refractivity contribution < 1.29 is 27.7 Å². The van der Waals surface area contributed by atoms with Crippen LogP contribution >= 0.6 is 0 Å². The second kappa shape index (κ2) is 9.09. The average Bonchev–Trinajstić information content (AvgIpc) is 2.64. The molecule has 0 aliphatic carbocycles. The molecule has 0 heterocycles. The normalized spacial score (nSPS) is 13.5. The van der Waals surface area contributed by atoms with Crippen LogP contribution in [0.3, 0.4) is 0 Å². The SMILES string of the molecule is Cc1cccc(NC(=O)C[NH+](C)[C@@H](C)C(=O)Nc2ccc(C(F)(F)F)cc2)c1C. The Kier molecular flexibility index (Phi) is 7.02. The molecule has 0 aliphatic rings. The summed E-state index contributed by atoms with van der Waals surface area (Å²) in [5, 5.41) is 5.43. The van der Waals surface area contributed by atoms with Gasteiger partial charge in [0.1, 0.15) is 0 Å². The van der Waals surface area contributed by atoms with Crippen LogP contribution in [0.15, 0.2) is 42.5 Å². The van der Waals surface area contributed by atoms with E-state index >= 15 is 0 Å². The van der Waals surface area contributed by atoms with Gasteiger partial charge in [-0.2, -0.15) is 13.2 Å². The van der Waals surface area contributed by atoms with Crippen LogP contribution in [0, 0.1) is 13.8 Å². The second-order valence-electron chi connectivity index (χ2n) is 7.10. The first-order valence-corrected chi connectivity index (χ1v) is 9.15. The summed E-state index contributed by atoms with van der Waals surface area (Å²) in [7, 11) is 1.71. The van der Waals surface area contributed by atoms with Crippen molar-refractivity contribution >= 4 is 23.2 Å². The summed E-state index contributed by atoms with van der Waals surface area (Å²) in [4.78, 5) is 25.4. The van der Waals surface area contributed by atoms with Gasteiger partial charge in [0.2, 0.25) is 0 Å². The predicted molar refractivity (Wildman–Crippen MR) is 106 cm³/mol. The fourth-order valence-corrected chi connectivity index (χ4v) is 2.70. The highest BCUT2D eigenvalue weighted by atomic mass is 19.4. The van der Waals surface area contributed by atoms with Gasteiger partial charge in [0.25, 0.3) is 11.8 Å². The van der Waals surface area contributed by atoms with Crippen molar-refractivity contribution in [3.8, 4) is 0 Å². The number of anilines is 2. The fraction of sp³-hybridized carbons (Fsp3) is 0.333. The Hall–Kier alpha value is -2.87. The number of nitrogens with one attached hydrogen (secondary N) is 3. The standard InChI is InChI=1S/C21H24F3N3O2/c1-13-6-5-7-18(14(13)2)26-19(28)12-27(4)15(3)20(29)25-17-10-8-16(9-11-17)21(22,23)24/h5-11,15H,12H2,1-4H3,(H,25,29)(H,26,28)/p+1/t15-/m0/s1. The Morgan fingerprint density at radius 3 is 2.24 bits per heavy atom. The van der Waals surface area contributed by atoms with E-state index in [2.05, 4.69) is 10.6 Å². The van der Waals surface area contributed by atoms with Crippen LogP contribution in [0.25, 0.3) is 0 Å². The van der Waals surface area contributed by atoms with Gasteiger partial charge in [-0.25, -0.2) is 0 Å². The number of halogens is 3. The van der Waals surface area contributed by atoms with Crippen molar-refractivity contribution in [2.75, 3.05) is 24.2 Å². The minimum Gasteiger partial charge on any atom is -0.321 e. The predicted octanol–water partition coefficient (Wildman–Crippen LogP) is 2.80. The summed E-state index contributed by atoms with van der Waals surface area (Å²) in [6, 6.07) is 9.28. The van der Waals surface area contributed by atoms with Gasteiger partial charge in [0, 0.05) is 11.4 Å². The van der Waals surface area contributed by atoms with Crippen LogP contribution in [0.5, 0.6) is 0 Å². The number of likely N-dealkylation sites (N-methyl/N-ethyl adjacent to an activating group) is 1. The lowest BCUT2D eigenvalue weighted by Gasteiger charge is -2.21. The Labute approximate surface area is 167 Å². The average molecular weight is 408 g/mol. The third-order valence-electron chi connectivity index (χ3n) is 4.93. The topological polar surface area (TPSA) is 62.6 Å². The van der Waals surface area contributed by atoms with E-state index in [1.165, 1.54) is 12.1 Å². The molecule has 0 aromatic heterocycles. The first-order valence-electron chi connectivity index (χ1n) is 9.15. The molecule has 5 nitrogen and oxygen atoms in total. The molecular weight excluding hydrogens is 383 g/mol. The molecule has 0 aliphatic heterocycles. The molecule has 2 amide bonds. The van der Waals surface area contributed by atoms with Crippen molar-refractivity contribution in [1.29, 1.82) is 0 Å². The number of alkyl halides is 3. The van der Waals surface area contributed by atoms with Crippen LogP contribution in [-0.4, -0.2) is 31.4 Å². The molecular formula is C21H25F3N3O2+. The molecule has 0 spiro atoms. The van der Waals surface area contributed by atoms with Crippen molar-refractivity contribution in [2.45, 2.75) is 33.0 Å². The van der Waals surface area contributed by atoms with Crippen molar-refractivity contribution in [1.82, 2.24) is 0 Å². The van der Waals surface area contributed by atoms with E-state index < -0.39 is 17.8 Å². The van der Waals surface area contributed by atoms with E-state index in [-0.39, 0.29) is 24.0 Å². The highest BCUT2D eigenvalue weighted by molar-refractivity contribution is 5.94. The minimum atomic E-state index is -4.43. The second-order valence-corrected chi connectivity index (χ2v) is 7.10. The van der Waals surface area contributed by atoms with Gasteiger partial charge in [0.15, 0.2) is 12.6 Å². The van der Waals surface area contributed by atoms with Crippen LogP contribution in [-0.2, 0) is 15.8 Å². The van der Waals surface area contributed by atoms with E-state index in [1.807, 2.05) is 32.0 Å². The maximum Gasteiger partial charge on any atom is 0.416 e. The van der Waals surface area contributed by atoms with E-state index in [9.17, 15) is 22.8 Å². The Morgan fingerprint density at radius 1 is 1.03 bits per heavy atom. The Morgan fingerprint density at radius 2 is 1.66 bits per heavy atom. The number of benzene rings is 2. The zero-order chi connectivity index (χ0) is 21.8. The van der Waals surface area contributed by atoms with Gasteiger partial charge < -0.3 is 15.5 Å². The Bertz CT molecular complexity index is 880. The number of rotatable bonds is 6. The highest BCUT2D eigenvalue weighted by Crippen LogP contribution is 2.29. The van der Waals surface area contributed by atoms with Gasteiger partial charge in [-0.1, -0.05) is 12.1 Å². The minimum absolute atomic E-state index is 0.0645. The summed E-state index contributed by atoms with van der Waals surface area (Å²) in [5.74, 6) is -0.618. The number of hydrogen-bond acceptors (Lipinski definition) is 2. The van der Waals surface area contributed by atoms with E-state index in [1.54, 1.807) is 14.0 Å². The molecule has 0 saturated carbocycles. The summed E-state index contributed by atoms with van der Waals surface area (Å²) in [5.41, 5.74) is 2.25. The summed E-state index contributed by atoms with van der Waals surface area (Å²) < 4.78 is 37.8. The summed E-state index contributed by atoms with van der Waals surface area (Å²) >= 11 is 0. The molecule has 0 saturated heterocycles. The molecule has 0 fully saturated rings. The van der Waals surface area contributed by atoms with E-state index in [0.29, 0.717) is 4.90 Å². The number of carbonyl (C=O) groups is 2. The monoisotopic (exact) mass is 408 g/mol. The van der Waals surface area contributed by atoms with Crippen molar-refractivity contribution in [3.63, 3.8) is 0 Å². The summed E-state index contributed by atoms with van der Waals surface area (Å²) in [6.07, 6.45) is -4.43. The lowest BCUT2D eigenvalue weighted by atomic mass is 10.1. The van der Waals surface area contributed by atoms with E-state index in [0.717, 1.165) is 28.9 Å². The molecule has 2 rings (SSSR count). The van der Waals surface area contributed by atoms with Crippen LogP contribution in [0.4, 0.5) is 24.5 Å². The largest absolute Gasteiger partial charge is 0.416 e. The third kappa shape index (κ3) is 6.05. The van der Waals surface area contributed by atoms with Gasteiger partial charge in [0.05, 0.1) is 12.6 Å². The van der Waals surface area contributed by atoms with Crippen LogP contribution < -0.4 is 15.5 Å². The van der Waals surface area contributed by atoms with Crippen LogP contribution in [0.2, 0.25) is 0 Å². The first kappa shape index (κ1) is 22.4. The number of amides is 2. The molecule has 0 radical (unpaired) electrons. The number of aryl methyl sites for hydroxylation is 1. The molecule has 156 valence electrons. The van der Waals surface area contributed by atoms with Gasteiger partial charge in [-0.15, -0.1) is 0 Å². The molecule has 2 aromatic carbocycles. The summed E-state index contributed by atoms with van der Waals surface area (Å²) in [6.45, 7) is 5.59. The number of quaternary nitrogens is 1. The number of carbonyl (C=O) groups excluding carboxylic acids is 2. The molecule has 2 atom stereocenters. The van der Waals surface area contributed by atoms with Gasteiger partial charge in [-0.3, -0.25) is 9.59 Å². The quantitative estimate of drug-likeness (QED) is 0.688. The molecule has 3 N–H and O–H groups in total. The first-order chi connectivity index (χ1) is 13.5. The lowest BCUT2D eigenvalue weighted by Crippen LogP contribution is -3.14. The van der Waals surface area contributed by atoms with E-state index in [4.69, 9.17) is 0 Å². The lowest BCUT2D eigenvalue weighted by molar-refractivity contribution is -0.885. The molecule has 8 heteroatoms. The van der Waals surface area contributed by atoms with Gasteiger partial charge in [-0.05, 0) is 62.2 Å². The highest BCUT2D eigenvalue weighted by Gasteiger charge is 2.30. The van der Waals surface area contributed by atoms with Crippen molar-refractivity contribution in [2.24, 2.45) is 0 Å². The molecule has 2 aromatic rings. The zero-order valence-corrected chi connectivity index (χ0v) is 16.8. The zero-order valence-electron chi connectivity index (χ0n) is 16.8. The van der Waals surface area contributed by atoms with Crippen LogP contribution in [0.1, 0.15) is 23.6 Å². The molecule has 0 bridgehead atoms. The van der Waals surface area contributed by atoms with Gasteiger partial charge >= 0.3 is 6.18 Å². The fourth-order valence-electron chi connectivity index (χ4n) is 2.70.